The van der Waals surface area contributed by atoms with E-state index in [0.717, 1.165) is 22.4 Å². The molecule has 0 spiro atoms. The Morgan fingerprint density at radius 1 is 0.606 bits per heavy atom. The molecular formula is C29H44O4. The topological polar surface area (TPSA) is 69.9 Å². The van der Waals surface area contributed by atoms with Crippen LogP contribution in [0.3, 0.4) is 0 Å². The quantitative estimate of drug-likeness (QED) is 0.373. The predicted octanol–water partition coefficient (Wildman–Crippen LogP) is 6.26. The Bertz CT molecular complexity index is 886. The largest absolute Gasteiger partial charge is 0.485 e. The zero-order valence-corrected chi connectivity index (χ0v) is 21.7. The van der Waals surface area contributed by atoms with E-state index in [-0.39, 0.29) is 11.8 Å². The number of benzene rings is 2. The Morgan fingerprint density at radius 2 is 1.06 bits per heavy atom. The number of aliphatic hydroxyl groups is 3. The van der Waals surface area contributed by atoms with E-state index in [1.165, 1.54) is 11.1 Å². The minimum Gasteiger partial charge on any atom is -0.485 e. The fourth-order valence-electron chi connectivity index (χ4n) is 4.22. The third-order valence-corrected chi connectivity index (χ3v) is 6.75. The molecule has 2 rings (SSSR count). The number of hydrogen-bond acceptors (Lipinski definition) is 4. The van der Waals surface area contributed by atoms with E-state index in [4.69, 9.17) is 4.74 Å². The van der Waals surface area contributed by atoms with Gasteiger partial charge in [0.1, 0.15) is 11.9 Å². The van der Waals surface area contributed by atoms with E-state index in [9.17, 15) is 15.3 Å². The first-order valence-electron chi connectivity index (χ1n) is 12.3. The summed E-state index contributed by atoms with van der Waals surface area (Å²) in [5.41, 5.74) is 4.33. The molecular weight excluding hydrogens is 412 g/mol. The summed E-state index contributed by atoms with van der Waals surface area (Å²) in [5, 5.41) is 31.1. The number of aliphatic hydroxyl groups excluding tert-OH is 3. The number of hydrogen-bond donors (Lipinski definition) is 3. The van der Waals surface area contributed by atoms with Crippen LogP contribution in [0.25, 0.3) is 0 Å². The van der Waals surface area contributed by atoms with Crippen molar-refractivity contribution in [3.63, 3.8) is 0 Å². The van der Waals surface area contributed by atoms with Crippen LogP contribution in [0.5, 0.6) is 5.75 Å². The highest BCUT2D eigenvalue weighted by Gasteiger charge is 2.42. The highest BCUT2D eigenvalue weighted by molar-refractivity contribution is 5.43. The van der Waals surface area contributed by atoms with Gasteiger partial charge in [-0.3, -0.25) is 0 Å². The van der Waals surface area contributed by atoms with Crippen LogP contribution in [0.15, 0.2) is 36.4 Å². The minimum atomic E-state index is -1.23. The summed E-state index contributed by atoms with van der Waals surface area (Å²) >= 11 is 0. The van der Waals surface area contributed by atoms with Crippen molar-refractivity contribution in [2.45, 2.75) is 85.2 Å². The molecule has 0 aliphatic rings. The lowest BCUT2D eigenvalue weighted by Crippen LogP contribution is -2.43. The first-order valence-corrected chi connectivity index (χ1v) is 12.3. The molecule has 33 heavy (non-hydrogen) atoms. The first kappa shape index (κ1) is 27.4. The van der Waals surface area contributed by atoms with Gasteiger partial charge in [0.2, 0.25) is 0 Å². The summed E-state index contributed by atoms with van der Waals surface area (Å²) in [5.74, 6) is 1.95. The van der Waals surface area contributed by atoms with Gasteiger partial charge in [0.15, 0.2) is 0 Å². The lowest BCUT2D eigenvalue weighted by Gasteiger charge is -2.38. The van der Waals surface area contributed by atoms with Gasteiger partial charge in [-0.25, -0.2) is 0 Å². The number of rotatable bonds is 11. The van der Waals surface area contributed by atoms with Crippen molar-refractivity contribution in [3.8, 4) is 5.75 Å². The average molecular weight is 457 g/mol. The molecule has 0 bridgehead atoms. The molecule has 4 heteroatoms. The second-order valence-electron chi connectivity index (χ2n) is 10.6. The number of ether oxygens (including phenoxy) is 1. The lowest BCUT2D eigenvalue weighted by molar-refractivity contribution is -0.0749. The molecule has 0 saturated carbocycles. The Balaban J connectivity index is 2.73. The molecule has 1 atom stereocenters. The molecule has 2 aromatic rings. The van der Waals surface area contributed by atoms with Crippen molar-refractivity contribution < 1.29 is 20.1 Å². The fraction of sp³-hybridized carbons (Fsp3) is 0.586. The highest BCUT2D eigenvalue weighted by Crippen LogP contribution is 2.43. The molecule has 0 heterocycles. The van der Waals surface area contributed by atoms with E-state index in [1.807, 2.05) is 12.1 Å². The van der Waals surface area contributed by atoms with Crippen LogP contribution in [0, 0.1) is 5.41 Å². The van der Waals surface area contributed by atoms with Crippen LogP contribution >= 0.6 is 0 Å². The monoisotopic (exact) mass is 456 g/mol. The van der Waals surface area contributed by atoms with Gasteiger partial charge < -0.3 is 20.1 Å². The summed E-state index contributed by atoms with van der Waals surface area (Å²) in [6.07, 6.45) is -0.710. The van der Waals surface area contributed by atoms with Gasteiger partial charge in [0, 0.05) is 0 Å². The summed E-state index contributed by atoms with van der Waals surface area (Å²) in [4.78, 5) is 0. The molecule has 184 valence electrons. The van der Waals surface area contributed by atoms with Gasteiger partial charge >= 0.3 is 0 Å². The summed E-state index contributed by atoms with van der Waals surface area (Å²) in [7, 11) is 0. The van der Waals surface area contributed by atoms with Gasteiger partial charge in [-0.1, -0.05) is 85.7 Å². The zero-order chi connectivity index (χ0) is 24.9. The van der Waals surface area contributed by atoms with Crippen molar-refractivity contribution >= 4 is 0 Å². The van der Waals surface area contributed by atoms with Crippen LogP contribution in [0.2, 0.25) is 0 Å². The van der Waals surface area contributed by atoms with Crippen molar-refractivity contribution in [1.82, 2.24) is 0 Å². The van der Waals surface area contributed by atoms with Gasteiger partial charge in [0.05, 0.1) is 25.2 Å². The molecule has 2 aromatic carbocycles. The summed E-state index contributed by atoms with van der Waals surface area (Å²) in [6, 6.07) is 12.6. The SMILES string of the molecule is CC(C)c1ccc(OC(c2ccc(C(C)C)cc2C(C)C)C(CO)(CO)CO)c(C(C)C)c1. The van der Waals surface area contributed by atoms with Crippen molar-refractivity contribution in [2.24, 2.45) is 5.41 Å². The predicted molar refractivity (Wildman–Crippen MR) is 136 cm³/mol. The maximum Gasteiger partial charge on any atom is 0.136 e. The van der Waals surface area contributed by atoms with Crippen molar-refractivity contribution in [1.29, 1.82) is 0 Å². The maximum atomic E-state index is 10.4. The normalized spacial score (nSPS) is 13.4. The molecule has 0 fully saturated rings. The third-order valence-electron chi connectivity index (χ3n) is 6.75. The Hall–Kier alpha value is -1.88. The molecule has 3 N–H and O–H groups in total. The minimum absolute atomic E-state index is 0.214. The van der Waals surface area contributed by atoms with Crippen LogP contribution < -0.4 is 4.74 Å². The zero-order valence-electron chi connectivity index (χ0n) is 21.7. The Morgan fingerprint density at radius 3 is 1.48 bits per heavy atom. The average Bonchev–Trinajstić information content (AvgIpc) is 2.79. The molecule has 0 aliphatic carbocycles. The first-order chi connectivity index (χ1) is 15.5. The van der Waals surface area contributed by atoms with Crippen LogP contribution in [-0.4, -0.2) is 35.1 Å². The second kappa shape index (κ2) is 11.5. The molecule has 0 radical (unpaired) electrons. The smallest absolute Gasteiger partial charge is 0.136 e. The molecule has 0 aromatic heterocycles. The summed E-state index contributed by atoms with van der Waals surface area (Å²) in [6.45, 7) is 16.0. The third kappa shape index (κ3) is 5.98. The maximum absolute atomic E-state index is 10.4. The lowest BCUT2D eigenvalue weighted by atomic mass is 9.77. The van der Waals surface area contributed by atoms with E-state index in [1.54, 1.807) is 0 Å². The summed E-state index contributed by atoms with van der Waals surface area (Å²) < 4.78 is 6.68. The van der Waals surface area contributed by atoms with E-state index in [0.29, 0.717) is 11.8 Å². The molecule has 1 unspecified atom stereocenters. The fourth-order valence-corrected chi connectivity index (χ4v) is 4.22. The van der Waals surface area contributed by atoms with E-state index in [2.05, 4.69) is 79.7 Å². The molecule has 0 amide bonds. The highest BCUT2D eigenvalue weighted by atomic mass is 16.5. The standard InChI is InChI=1S/C29H44O4/c1-18(2)22-9-11-24(25(13-22)20(5)6)28(29(15-30,16-31)17-32)33-27-12-10-23(19(3)4)14-26(27)21(7)8/h9-14,18-21,28,30-32H,15-17H2,1-8H3. The Labute approximate surface area is 200 Å². The molecule has 4 nitrogen and oxygen atoms in total. The van der Waals surface area contributed by atoms with E-state index < -0.39 is 31.3 Å². The van der Waals surface area contributed by atoms with Crippen molar-refractivity contribution in [2.75, 3.05) is 19.8 Å². The van der Waals surface area contributed by atoms with Crippen LogP contribution in [-0.2, 0) is 0 Å². The van der Waals surface area contributed by atoms with Crippen LogP contribution in [0.1, 0.15) is 113 Å². The Kier molecular flexibility index (Phi) is 9.54. The van der Waals surface area contributed by atoms with Crippen molar-refractivity contribution in [3.05, 3.63) is 64.2 Å². The van der Waals surface area contributed by atoms with Gasteiger partial charge in [-0.2, -0.15) is 0 Å². The van der Waals surface area contributed by atoms with Gasteiger partial charge in [-0.15, -0.1) is 0 Å². The molecule has 0 aliphatic heterocycles. The van der Waals surface area contributed by atoms with Gasteiger partial charge in [-0.05, 0) is 57.6 Å². The van der Waals surface area contributed by atoms with Gasteiger partial charge in [0.25, 0.3) is 0 Å². The second-order valence-corrected chi connectivity index (χ2v) is 10.6. The molecule has 0 saturated heterocycles. The van der Waals surface area contributed by atoms with Crippen LogP contribution in [0.4, 0.5) is 0 Å². The van der Waals surface area contributed by atoms with E-state index >= 15 is 0 Å².